The number of ether oxygens (including phenoxy) is 4. The molecule has 1 amide bonds. The topological polar surface area (TPSA) is 99.0 Å². The van der Waals surface area contributed by atoms with E-state index in [2.05, 4.69) is 10.2 Å². The second-order valence-corrected chi connectivity index (χ2v) is 6.72. The zero-order chi connectivity index (χ0) is 23.7. The molecule has 172 valence electrons. The third-order valence-corrected chi connectivity index (χ3v) is 4.58. The van der Waals surface area contributed by atoms with Crippen LogP contribution in [-0.2, 0) is 9.59 Å². The molecule has 0 aliphatic rings. The van der Waals surface area contributed by atoms with Crippen molar-refractivity contribution in [1.29, 1.82) is 0 Å². The van der Waals surface area contributed by atoms with Crippen LogP contribution >= 0.6 is 11.8 Å². The van der Waals surface area contributed by atoms with Crippen LogP contribution < -0.4 is 23.4 Å². The monoisotopic (exact) mass is 463 g/mol. The number of carbonyl (C=O) groups excluding carboxylic acids is 2. The van der Waals surface area contributed by atoms with Gasteiger partial charge in [-0.2, -0.15) is 10.2 Å². The van der Waals surface area contributed by atoms with Crippen LogP contribution in [0.3, 0.4) is 0 Å². The highest BCUT2D eigenvalue weighted by molar-refractivity contribution is 6.39. The molecule has 32 heavy (non-hydrogen) atoms. The summed E-state index contributed by atoms with van der Waals surface area (Å²) in [6, 6.07) is 8.28. The predicted molar refractivity (Wildman–Crippen MR) is 121 cm³/mol. The number of nitrogens with zero attached hydrogens (tertiary/aromatic N) is 3. The van der Waals surface area contributed by atoms with Crippen molar-refractivity contribution in [3.63, 3.8) is 0 Å². The van der Waals surface area contributed by atoms with Crippen LogP contribution in [0.1, 0.15) is 20.8 Å². The van der Waals surface area contributed by atoms with Crippen molar-refractivity contribution in [1.82, 2.24) is 0 Å². The number of benzene rings is 2. The molecule has 0 heterocycles. The summed E-state index contributed by atoms with van der Waals surface area (Å²) in [5.74, 6) is 0.461. The minimum absolute atomic E-state index is 0.205. The molecule has 10 heteroatoms. The third-order valence-electron chi connectivity index (χ3n) is 4.23. The van der Waals surface area contributed by atoms with E-state index in [1.165, 1.54) is 27.2 Å². The molecule has 0 aliphatic carbocycles. The van der Waals surface area contributed by atoms with Crippen LogP contribution in [0.5, 0.6) is 23.0 Å². The van der Waals surface area contributed by atoms with Crippen LogP contribution in [0.4, 0.5) is 11.4 Å². The number of halogens is 1. The fraction of sp³-hybridized carbons (Fsp3) is 0.364. The average molecular weight is 464 g/mol. The molecule has 2 aromatic rings. The fourth-order valence-corrected chi connectivity index (χ4v) is 2.93. The number of hydrogen-bond acceptors (Lipinski definition) is 8. The Kier molecular flexibility index (Phi) is 9.27. The van der Waals surface area contributed by atoms with Crippen LogP contribution in [0.15, 0.2) is 46.6 Å². The Morgan fingerprint density at radius 1 is 0.969 bits per heavy atom. The van der Waals surface area contributed by atoms with E-state index in [1.807, 2.05) is 13.8 Å². The highest BCUT2D eigenvalue weighted by Gasteiger charge is 2.30. The average Bonchev–Trinajstić information content (AvgIpc) is 2.79. The van der Waals surface area contributed by atoms with Crippen LogP contribution in [0, 0.1) is 0 Å². The van der Waals surface area contributed by atoms with Crippen LogP contribution in [-0.4, -0.2) is 45.2 Å². The lowest BCUT2D eigenvalue weighted by atomic mass is 10.2. The van der Waals surface area contributed by atoms with Crippen molar-refractivity contribution < 1.29 is 28.5 Å². The normalized spacial score (nSPS) is 11.7. The first-order valence-corrected chi connectivity index (χ1v) is 10.2. The van der Waals surface area contributed by atoms with Crippen molar-refractivity contribution >= 4 is 34.8 Å². The number of rotatable bonds is 11. The zero-order valence-electron chi connectivity index (χ0n) is 18.6. The fourth-order valence-electron chi connectivity index (χ4n) is 2.71. The Morgan fingerprint density at radius 2 is 1.66 bits per heavy atom. The van der Waals surface area contributed by atoms with Gasteiger partial charge >= 0.3 is 0 Å². The number of azo groups is 1. The quantitative estimate of drug-likeness (QED) is 0.271. The molecule has 9 nitrogen and oxygen atoms in total. The molecule has 0 fully saturated rings. The van der Waals surface area contributed by atoms with Crippen molar-refractivity contribution in [2.75, 3.05) is 31.9 Å². The van der Waals surface area contributed by atoms with Gasteiger partial charge in [-0.25, -0.2) is 4.42 Å². The molecule has 0 N–H and O–H groups in total. The number of methoxy groups -OCH3 is 2. The summed E-state index contributed by atoms with van der Waals surface area (Å²) in [5.41, 5.74) is 0.547. The Morgan fingerprint density at radius 3 is 2.25 bits per heavy atom. The lowest BCUT2D eigenvalue weighted by molar-refractivity contribution is -0.126. The standard InChI is InChI=1S/C22H26ClN3O6/c1-6-31-16-8-10-17(20(13-16)32-7-2)24-25-21(14(3)27)22(28)26(23)18-12-15(29-4)9-11-19(18)30-5/h8-13,21H,6-7H2,1-5H3. The van der Waals surface area contributed by atoms with Gasteiger partial charge < -0.3 is 18.9 Å². The van der Waals surface area contributed by atoms with E-state index in [4.69, 9.17) is 30.7 Å². The molecule has 0 aliphatic heterocycles. The van der Waals surface area contributed by atoms with Gasteiger partial charge in [0.2, 0.25) is 6.04 Å². The second kappa shape index (κ2) is 11.9. The van der Waals surface area contributed by atoms with Gasteiger partial charge in [-0.3, -0.25) is 9.59 Å². The summed E-state index contributed by atoms with van der Waals surface area (Å²) in [6.45, 7) is 5.80. The molecule has 0 saturated carbocycles. The van der Waals surface area contributed by atoms with Crippen molar-refractivity contribution in [2.24, 2.45) is 10.2 Å². The SMILES string of the molecule is CCOc1ccc(N=NC(C(C)=O)C(=O)N(Cl)c2cc(OC)ccc2OC)c(OCC)c1. The first-order chi connectivity index (χ1) is 15.4. The van der Waals surface area contributed by atoms with E-state index in [-0.39, 0.29) is 5.69 Å². The first-order valence-electron chi connectivity index (χ1n) is 9.88. The summed E-state index contributed by atoms with van der Waals surface area (Å²) in [6.07, 6.45) is 0. The molecular weight excluding hydrogens is 438 g/mol. The van der Waals surface area contributed by atoms with E-state index < -0.39 is 17.7 Å². The number of ketones is 1. The minimum Gasteiger partial charge on any atom is -0.497 e. The highest BCUT2D eigenvalue weighted by atomic mass is 35.5. The Bertz CT molecular complexity index is 982. The summed E-state index contributed by atoms with van der Waals surface area (Å²) in [7, 11) is 2.91. The number of anilines is 1. The molecule has 0 radical (unpaired) electrons. The van der Waals surface area contributed by atoms with E-state index >= 15 is 0 Å². The Balaban J connectivity index is 2.36. The van der Waals surface area contributed by atoms with Crippen molar-refractivity contribution in [3.8, 4) is 23.0 Å². The summed E-state index contributed by atoms with van der Waals surface area (Å²) < 4.78 is 22.2. The molecule has 0 spiro atoms. The molecule has 2 rings (SSSR count). The number of carbonyl (C=O) groups is 2. The van der Waals surface area contributed by atoms with E-state index in [9.17, 15) is 9.59 Å². The van der Waals surface area contributed by atoms with Gasteiger partial charge in [-0.05, 0) is 45.0 Å². The third kappa shape index (κ3) is 6.10. The van der Waals surface area contributed by atoms with E-state index in [0.717, 1.165) is 4.42 Å². The molecular formula is C22H26ClN3O6. The van der Waals surface area contributed by atoms with Gasteiger partial charge in [0.25, 0.3) is 5.91 Å². The van der Waals surface area contributed by atoms with Crippen LogP contribution in [0.2, 0.25) is 0 Å². The van der Waals surface area contributed by atoms with Crippen molar-refractivity contribution in [3.05, 3.63) is 36.4 Å². The van der Waals surface area contributed by atoms with E-state index in [1.54, 1.807) is 30.3 Å². The maximum absolute atomic E-state index is 13.0. The smallest absolute Gasteiger partial charge is 0.276 e. The molecule has 2 aromatic carbocycles. The molecule has 0 bridgehead atoms. The second-order valence-electron chi connectivity index (χ2n) is 6.38. The largest absolute Gasteiger partial charge is 0.497 e. The Hall–Kier alpha value is -3.33. The van der Waals surface area contributed by atoms with E-state index in [0.29, 0.717) is 41.9 Å². The maximum Gasteiger partial charge on any atom is 0.276 e. The summed E-state index contributed by atoms with van der Waals surface area (Å²) in [5, 5.41) is 8.05. The molecule has 0 saturated heterocycles. The Labute approximate surface area is 192 Å². The molecule has 0 aromatic heterocycles. The molecule has 1 atom stereocenters. The summed E-state index contributed by atoms with van der Waals surface area (Å²) >= 11 is 6.28. The van der Waals surface area contributed by atoms with Gasteiger partial charge in [0.15, 0.2) is 5.78 Å². The number of amides is 1. The lowest BCUT2D eigenvalue weighted by Gasteiger charge is -2.19. The number of hydrogen-bond donors (Lipinski definition) is 0. The van der Waals surface area contributed by atoms with Crippen molar-refractivity contribution in [2.45, 2.75) is 26.8 Å². The van der Waals surface area contributed by atoms with Gasteiger partial charge in [0, 0.05) is 23.9 Å². The summed E-state index contributed by atoms with van der Waals surface area (Å²) in [4.78, 5) is 25.2. The van der Waals surface area contributed by atoms with Gasteiger partial charge in [0.1, 0.15) is 34.4 Å². The van der Waals surface area contributed by atoms with Gasteiger partial charge in [-0.1, -0.05) is 0 Å². The van der Waals surface area contributed by atoms with Gasteiger partial charge in [0.05, 0.1) is 27.4 Å². The van der Waals surface area contributed by atoms with Gasteiger partial charge in [-0.15, -0.1) is 0 Å². The maximum atomic E-state index is 13.0. The highest BCUT2D eigenvalue weighted by Crippen LogP contribution is 2.35. The minimum atomic E-state index is -1.47. The predicted octanol–water partition coefficient (Wildman–Crippen LogP) is 4.73. The lowest BCUT2D eigenvalue weighted by Crippen LogP contribution is -2.36. The number of Topliss-reactive ketones (excluding diaryl/α,β-unsaturated/α-hetero) is 1. The first kappa shape index (κ1) is 24.9. The van der Waals surface area contributed by atoms with Crippen LogP contribution in [0.25, 0.3) is 0 Å². The molecule has 1 unspecified atom stereocenters. The zero-order valence-corrected chi connectivity index (χ0v) is 19.4.